The van der Waals surface area contributed by atoms with Gasteiger partial charge in [0.05, 0.1) is 6.61 Å². The first-order valence-electron chi connectivity index (χ1n) is 5.69. The monoisotopic (exact) mass is 221 g/mol. The maximum absolute atomic E-state index is 5.48. The van der Waals surface area contributed by atoms with Crippen molar-refractivity contribution in [3.8, 4) is 0 Å². The Kier molecular flexibility index (Phi) is 11.5. The third-order valence-corrected chi connectivity index (χ3v) is 2.61. The van der Waals surface area contributed by atoms with Crippen molar-refractivity contribution in [1.82, 2.24) is 5.32 Å². The van der Waals surface area contributed by atoms with Crippen molar-refractivity contribution in [2.24, 2.45) is 5.92 Å². The molecule has 86 valence electrons. The van der Waals surface area contributed by atoms with Crippen LogP contribution in [0.1, 0.15) is 33.1 Å². The number of hydrogen-bond donors (Lipinski definition) is 1. The van der Waals surface area contributed by atoms with Gasteiger partial charge in [0.2, 0.25) is 0 Å². The Morgan fingerprint density at radius 2 is 1.93 bits per heavy atom. The average Bonchev–Trinajstić information content (AvgIpc) is 2.22. The molecule has 0 aromatic carbocycles. The lowest BCUT2D eigenvalue weighted by Crippen LogP contribution is -2.24. The maximum atomic E-state index is 5.48. The predicted molar refractivity (Wildman–Crippen MR) is 63.1 cm³/mol. The molecule has 0 amide bonds. The molecule has 0 bridgehead atoms. The number of ether oxygens (including phenoxy) is 1. The third-order valence-electron chi connectivity index (χ3n) is 2.45. The normalized spacial score (nSPS) is 11.1. The van der Waals surface area contributed by atoms with Crippen LogP contribution in [-0.2, 0) is 4.74 Å². The molecule has 0 aromatic rings. The van der Waals surface area contributed by atoms with Crippen molar-refractivity contribution >= 4 is 11.6 Å². The third kappa shape index (κ3) is 8.79. The summed E-state index contributed by atoms with van der Waals surface area (Å²) in [6, 6.07) is 0. The fourth-order valence-corrected chi connectivity index (χ4v) is 1.45. The zero-order valence-electron chi connectivity index (χ0n) is 9.52. The molecule has 0 unspecified atom stereocenters. The Bertz CT molecular complexity index is 107. The highest BCUT2D eigenvalue weighted by atomic mass is 35.5. The smallest absolute Gasteiger partial charge is 0.0601 e. The van der Waals surface area contributed by atoms with Crippen molar-refractivity contribution in [3.63, 3.8) is 0 Å². The summed E-state index contributed by atoms with van der Waals surface area (Å²) >= 11 is 5.48. The Labute approximate surface area is 93.4 Å². The molecule has 0 aliphatic heterocycles. The minimum Gasteiger partial charge on any atom is -0.380 e. The van der Waals surface area contributed by atoms with Crippen LogP contribution in [0.3, 0.4) is 0 Å². The van der Waals surface area contributed by atoms with Gasteiger partial charge in [0, 0.05) is 12.5 Å². The maximum Gasteiger partial charge on any atom is 0.0601 e. The van der Waals surface area contributed by atoms with Crippen molar-refractivity contribution in [2.75, 3.05) is 32.2 Å². The second-order valence-corrected chi connectivity index (χ2v) is 3.92. The molecule has 0 aromatic heterocycles. The summed E-state index contributed by atoms with van der Waals surface area (Å²) in [6.45, 7) is 8.19. The van der Waals surface area contributed by atoms with E-state index in [0.717, 1.165) is 32.0 Å². The molecule has 0 rings (SSSR count). The van der Waals surface area contributed by atoms with Gasteiger partial charge in [-0.15, -0.1) is 11.6 Å². The first kappa shape index (κ1) is 14.2. The zero-order valence-corrected chi connectivity index (χ0v) is 10.3. The quantitative estimate of drug-likeness (QED) is 0.453. The molecule has 0 aliphatic rings. The second kappa shape index (κ2) is 11.3. The molecule has 0 radical (unpaired) electrons. The highest BCUT2D eigenvalue weighted by molar-refractivity contribution is 6.17. The number of halogens is 1. The van der Waals surface area contributed by atoms with Gasteiger partial charge in [-0.2, -0.15) is 0 Å². The number of hydrogen-bond acceptors (Lipinski definition) is 2. The summed E-state index contributed by atoms with van der Waals surface area (Å²) in [5.74, 6) is 1.43. The predicted octanol–water partition coefficient (Wildman–Crippen LogP) is 2.66. The molecule has 0 atom stereocenters. The molecule has 2 nitrogen and oxygen atoms in total. The Balaban J connectivity index is 3.04. The van der Waals surface area contributed by atoms with Gasteiger partial charge in [-0.25, -0.2) is 0 Å². The average molecular weight is 222 g/mol. The van der Waals surface area contributed by atoms with E-state index in [9.17, 15) is 0 Å². The van der Waals surface area contributed by atoms with Gasteiger partial charge in [0.15, 0.2) is 0 Å². The van der Waals surface area contributed by atoms with Crippen molar-refractivity contribution in [2.45, 2.75) is 33.1 Å². The van der Waals surface area contributed by atoms with Crippen LogP contribution in [0.25, 0.3) is 0 Å². The van der Waals surface area contributed by atoms with Gasteiger partial charge in [-0.05, 0) is 25.4 Å². The SMILES string of the molecule is CCC(CC)CNCCCOCCCl. The summed E-state index contributed by atoms with van der Waals surface area (Å²) in [6.07, 6.45) is 3.62. The first-order chi connectivity index (χ1) is 6.85. The van der Waals surface area contributed by atoms with E-state index in [1.807, 2.05) is 0 Å². The number of nitrogens with one attached hydrogen (secondary N) is 1. The lowest BCUT2D eigenvalue weighted by atomic mass is 10.0. The molecule has 0 fully saturated rings. The molecule has 0 heterocycles. The molecule has 0 aliphatic carbocycles. The fraction of sp³-hybridized carbons (Fsp3) is 1.00. The van der Waals surface area contributed by atoms with Crippen LogP contribution in [0.15, 0.2) is 0 Å². The van der Waals surface area contributed by atoms with Crippen molar-refractivity contribution < 1.29 is 4.74 Å². The Morgan fingerprint density at radius 3 is 2.50 bits per heavy atom. The van der Waals surface area contributed by atoms with Gasteiger partial charge < -0.3 is 10.1 Å². The van der Waals surface area contributed by atoms with E-state index in [1.165, 1.54) is 12.8 Å². The summed E-state index contributed by atoms with van der Waals surface area (Å²) in [7, 11) is 0. The topological polar surface area (TPSA) is 21.3 Å². The van der Waals surface area contributed by atoms with Crippen molar-refractivity contribution in [3.05, 3.63) is 0 Å². The molecule has 0 spiro atoms. The van der Waals surface area contributed by atoms with E-state index >= 15 is 0 Å². The highest BCUT2D eigenvalue weighted by Crippen LogP contribution is 2.04. The Morgan fingerprint density at radius 1 is 1.21 bits per heavy atom. The molecule has 3 heteroatoms. The van der Waals surface area contributed by atoms with E-state index < -0.39 is 0 Å². The summed E-state index contributed by atoms with van der Waals surface area (Å²) in [4.78, 5) is 0. The largest absolute Gasteiger partial charge is 0.380 e. The van der Waals surface area contributed by atoms with Crippen LogP contribution in [-0.4, -0.2) is 32.2 Å². The van der Waals surface area contributed by atoms with E-state index in [1.54, 1.807) is 0 Å². The first-order valence-corrected chi connectivity index (χ1v) is 6.23. The highest BCUT2D eigenvalue weighted by Gasteiger charge is 2.01. The summed E-state index contributed by atoms with van der Waals surface area (Å²) in [5, 5.41) is 3.45. The van der Waals surface area contributed by atoms with Gasteiger partial charge >= 0.3 is 0 Å². The van der Waals surface area contributed by atoms with Crippen LogP contribution < -0.4 is 5.32 Å². The number of alkyl halides is 1. The fourth-order valence-electron chi connectivity index (χ4n) is 1.34. The minimum atomic E-state index is 0.598. The molecule has 0 saturated carbocycles. The van der Waals surface area contributed by atoms with Gasteiger partial charge in [0.25, 0.3) is 0 Å². The second-order valence-electron chi connectivity index (χ2n) is 3.54. The van der Waals surface area contributed by atoms with E-state index in [2.05, 4.69) is 19.2 Å². The molecule has 0 saturated heterocycles. The van der Waals surface area contributed by atoms with Crippen molar-refractivity contribution in [1.29, 1.82) is 0 Å². The molecule has 1 N–H and O–H groups in total. The zero-order chi connectivity index (χ0) is 10.6. The standard InChI is InChI=1S/C11H24ClNO/c1-3-11(4-2)10-13-7-5-8-14-9-6-12/h11,13H,3-10H2,1-2H3. The van der Waals surface area contributed by atoms with E-state index in [4.69, 9.17) is 16.3 Å². The summed E-state index contributed by atoms with van der Waals surface area (Å²) < 4.78 is 5.27. The van der Waals surface area contributed by atoms with Crippen LogP contribution in [0.4, 0.5) is 0 Å². The van der Waals surface area contributed by atoms with Crippen LogP contribution in [0.2, 0.25) is 0 Å². The molecular weight excluding hydrogens is 198 g/mol. The van der Waals surface area contributed by atoms with Crippen LogP contribution in [0.5, 0.6) is 0 Å². The van der Waals surface area contributed by atoms with Gasteiger partial charge in [-0.1, -0.05) is 26.7 Å². The van der Waals surface area contributed by atoms with Gasteiger partial charge in [-0.3, -0.25) is 0 Å². The van der Waals surface area contributed by atoms with Crippen LogP contribution in [0, 0.1) is 5.92 Å². The van der Waals surface area contributed by atoms with Crippen LogP contribution >= 0.6 is 11.6 Å². The lowest BCUT2D eigenvalue weighted by molar-refractivity contribution is 0.146. The number of rotatable bonds is 10. The molecular formula is C11H24ClNO. The minimum absolute atomic E-state index is 0.598. The van der Waals surface area contributed by atoms with Gasteiger partial charge in [0.1, 0.15) is 0 Å². The van der Waals surface area contributed by atoms with E-state index in [-0.39, 0.29) is 0 Å². The summed E-state index contributed by atoms with van der Waals surface area (Å²) in [5.41, 5.74) is 0. The lowest BCUT2D eigenvalue weighted by Gasteiger charge is -2.12. The van der Waals surface area contributed by atoms with E-state index in [0.29, 0.717) is 12.5 Å². The Hall–Kier alpha value is 0.210. The molecule has 14 heavy (non-hydrogen) atoms.